The van der Waals surface area contributed by atoms with Crippen LogP contribution in [0.1, 0.15) is 24.6 Å². The molecule has 0 aliphatic carbocycles. The highest BCUT2D eigenvalue weighted by molar-refractivity contribution is 5.47. The third-order valence-corrected chi connectivity index (χ3v) is 2.64. The first-order chi connectivity index (χ1) is 8.13. The summed E-state index contributed by atoms with van der Waals surface area (Å²) < 4.78 is 39.3. The molecule has 8 heteroatoms. The molecule has 0 aliphatic heterocycles. The Labute approximate surface area is 102 Å². The van der Waals surface area contributed by atoms with Gasteiger partial charge in [-0.2, -0.15) is 23.5 Å². The molecule has 1 aromatic heterocycles. The largest absolute Gasteiger partial charge is 0.421 e. The molecule has 3 N–H and O–H groups in total. The van der Waals surface area contributed by atoms with Gasteiger partial charge in [0.25, 0.3) is 0 Å². The van der Waals surface area contributed by atoms with Gasteiger partial charge in [-0.1, -0.05) is 0 Å². The van der Waals surface area contributed by atoms with E-state index in [1.54, 1.807) is 0 Å². The van der Waals surface area contributed by atoms with Crippen LogP contribution in [0.2, 0.25) is 0 Å². The Morgan fingerprint density at radius 2 is 2.06 bits per heavy atom. The number of aliphatic hydroxyl groups is 1. The number of nitrogen functional groups attached to an aromatic ring is 1. The molecule has 0 radical (unpaired) electrons. The summed E-state index contributed by atoms with van der Waals surface area (Å²) in [6, 6.07) is 1.84. The first kappa shape index (κ1) is 14.3. The number of nitriles is 1. The van der Waals surface area contributed by atoms with Gasteiger partial charge in [-0.15, -0.1) is 0 Å². The lowest BCUT2D eigenvalue weighted by molar-refractivity contribution is -0.258. The summed E-state index contributed by atoms with van der Waals surface area (Å²) >= 11 is 0. The predicted octanol–water partition coefficient (Wildman–Crippen LogP) is 1.46. The monoisotopic (exact) mass is 262 g/mol. The average molecular weight is 262 g/mol. The fourth-order valence-corrected chi connectivity index (χ4v) is 1.67. The minimum atomic E-state index is -4.85. The first-order valence-corrected chi connectivity index (χ1v) is 5.12. The fourth-order valence-electron chi connectivity index (χ4n) is 1.67. The molecule has 0 bridgehead atoms. The van der Waals surface area contributed by atoms with Crippen LogP contribution in [0.15, 0.2) is 0 Å². The summed E-state index contributed by atoms with van der Waals surface area (Å²) in [5.74, 6) is -0.273. The van der Waals surface area contributed by atoms with Crippen molar-refractivity contribution >= 4 is 5.82 Å². The summed E-state index contributed by atoms with van der Waals surface area (Å²) in [6.45, 7) is 2.04. The van der Waals surface area contributed by atoms with E-state index in [9.17, 15) is 18.3 Å². The average Bonchev–Trinajstić information content (AvgIpc) is 2.49. The number of rotatable bonds is 3. The molecule has 1 heterocycles. The number of nitrogens with two attached hydrogens (primary N) is 1. The van der Waals surface area contributed by atoms with Crippen molar-refractivity contribution in [1.82, 2.24) is 9.78 Å². The lowest BCUT2D eigenvalue weighted by Gasteiger charge is -2.26. The maximum atomic E-state index is 12.7. The van der Waals surface area contributed by atoms with Gasteiger partial charge in [0.15, 0.2) is 5.60 Å². The highest BCUT2D eigenvalue weighted by Crippen LogP contribution is 2.42. The van der Waals surface area contributed by atoms with Gasteiger partial charge in [0.1, 0.15) is 5.82 Å². The Morgan fingerprint density at radius 1 is 1.50 bits per heavy atom. The highest BCUT2D eigenvalue weighted by Gasteiger charge is 2.54. The van der Waals surface area contributed by atoms with Crippen LogP contribution in [-0.2, 0) is 12.1 Å². The second kappa shape index (κ2) is 4.49. The quantitative estimate of drug-likeness (QED) is 0.863. The topological polar surface area (TPSA) is 87.9 Å². The zero-order chi connectivity index (χ0) is 14.1. The molecular formula is C10H13F3N4O. The van der Waals surface area contributed by atoms with Crippen molar-refractivity contribution in [3.05, 3.63) is 11.3 Å². The third-order valence-electron chi connectivity index (χ3n) is 2.64. The second-order valence-corrected chi connectivity index (χ2v) is 4.05. The van der Waals surface area contributed by atoms with Crippen LogP contribution in [0.5, 0.6) is 0 Å². The zero-order valence-electron chi connectivity index (χ0n) is 9.91. The van der Waals surface area contributed by atoms with E-state index in [1.165, 1.54) is 6.92 Å². The zero-order valence-corrected chi connectivity index (χ0v) is 9.91. The molecule has 0 saturated carbocycles. The van der Waals surface area contributed by atoms with Crippen molar-refractivity contribution in [2.45, 2.75) is 38.6 Å². The molecule has 0 amide bonds. The van der Waals surface area contributed by atoms with Crippen LogP contribution in [0.4, 0.5) is 19.0 Å². The molecule has 1 rings (SSSR count). The maximum absolute atomic E-state index is 12.7. The first-order valence-electron chi connectivity index (χ1n) is 5.12. The number of halogens is 3. The van der Waals surface area contributed by atoms with Crippen molar-refractivity contribution in [2.24, 2.45) is 0 Å². The van der Waals surface area contributed by atoms with Crippen LogP contribution >= 0.6 is 0 Å². The summed E-state index contributed by atoms with van der Waals surface area (Å²) in [7, 11) is 0. The van der Waals surface area contributed by atoms with Gasteiger partial charge in [-0.3, -0.25) is 0 Å². The van der Waals surface area contributed by atoms with Gasteiger partial charge < -0.3 is 10.8 Å². The number of aromatic nitrogens is 2. The lowest BCUT2D eigenvalue weighted by atomic mass is 9.95. The van der Waals surface area contributed by atoms with Crippen LogP contribution in [-0.4, -0.2) is 21.1 Å². The van der Waals surface area contributed by atoms with Gasteiger partial charge in [0, 0.05) is 0 Å². The summed E-state index contributed by atoms with van der Waals surface area (Å²) in [5.41, 5.74) is 2.02. The second-order valence-electron chi connectivity index (χ2n) is 4.05. The Hall–Kier alpha value is -1.75. The molecular weight excluding hydrogens is 249 g/mol. The Morgan fingerprint density at radius 3 is 2.50 bits per heavy atom. The SMILES string of the molecule is Cc1nn(CCC#N)c(N)c1[C@@](C)(O)C(F)(F)F. The number of anilines is 1. The predicted molar refractivity (Wildman–Crippen MR) is 57.2 cm³/mol. The van der Waals surface area contributed by atoms with Crippen molar-refractivity contribution in [3.63, 3.8) is 0 Å². The van der Waals surface area contributed by atoms with E-state index in [-0.39, 0.29) is 24.5 Å². The van der Waals surface area contributed by atoms with Crippen molar-refractivity contribution in [2.75, 3.05) is 5.73 Å². The molecule has 0 spiro atoms. The van der Waals surface area contributed by atoms with Gasteiger partial charge in [-0.05, 0) is 13.8 Å². The van der Waals surface area contributed by atoms with E-state index in [1.807, 2.05) is 6.07 Å². The van der Waals surface area contributed by atoms with Gasteiger partial charge >= 0.3 is 6.18 Å². The summed E-state index contributed by atoms with van der Waals surface area (Å²) in [5, 5.41) is 21.8. The van der Waals surface area contributed by atoms with Gasteiger partial charge in [-0.25, -0.2) is 4.68 Å². The van der Waals surface area contributed by atoms with E-state index in [4.69, 9.17) is 11.0 Å². The molecule has 100 valence electrons. The Kier molecular flexibility index (Phi) is 3.57. The fraction of sp³-hybridized carbons (Fsp3) is 0.600. The lowest BCUT2D eigenvalue weighted by Crippen LogP contribution is -2.40. The summed E-state index contributed by atoms with van der Waals surface area (Å²) in [6.07, 6.45) is -4.78. The minimum absolute atomic E-state index is 0.00670. The van der Waals surface area contributed by atoms with E-state index in [0.29, 0.717) is 6.92 Å². The van der Waals surface area contributed by atoms with E-state index < -0.39 is 17.3 Å². The number of alkyl halides is 3. The van der Waals surface area contributed by atoms with Crippen LogP contribution in [0.3, 0.4) is 0 Å². The molecule has 5 nitrogen and oxygen atoms in total. The minimum Gasteiger partial charge on any atom is -0.384 e. The molecule has 18 heavy (non-hydrogen) atoms. The molecule has 0 unspecified atom stereocenters. The van der Waals surface area contributed by atoms with E-state index >= 15 is 0 Å². The van der Waals surface area contributed by atoms with Crippen molar-refractivity contribution in [1.29, 1.82) is 5.26 Å². The van der Waals surface area contributed by atoms with Crippen LogP contribution in [0, 0.1) is 18.3 Å². The summed E-state index contributed by atoms with van der Waals surface area (Å²) in [4.78, 5) is 0. The number of hydrogen-bond donors (Lipinski definition) is 2. The molecule has 1 atom stereocenters. The number of aryl methyl sites for hydroxylation is 2. The molecule has 0 fully saturated rings. The van der Waals surface area contributed by atoms with E-state index in [2.05, 4.69) is 5.10 Å². The third kappa shape index (κ3) is 2.26. The van der Waals surface area contributed by atoms with Gasteiger partial charge in [0.2, 0.25) is 0 Å². The maximum Gasteiger partial charge on any atom is 0.421 e. The smallest absolute Gasteiger partial charge is 0.384 e. The van der Waals surface area contributed by atoms with E-state index in [0.717, 1.165) is 4.68 Å². The van der Waals surface area contributed by atoms with Crippen LogP contribution < -0.4 is 5.73 Å². The standard InChI is InChI=1S/C10H13F3N4O/c1-6-7(9(2,18)10(11,12)13)8(15)17(16-6)5-3-4-14/h18H,3,5,15H2,1-2H3/t9-/m1/s1. The number of hydrogen-bond acceptors (Lipinski definition) is 4. The van der Waals surface area contributed by atoms with Gasteiger partial charge in [0.05, 0.1) is 30.3 Å². The molecule has 0 saturated heterocycles. The Balaban J connectivity index is 3.27. The van der Waals surface area contributed by atoms with Crippen molar-refractivity contribution < 1.29 is 18.3 Å². The molecule has 1 aromatic rings. The molecule has 0 aromatic carbocycles. The highest BCUT2D eigenvalue weighted by atomic mass is 19.4. The van der Waals surface area contributed by atoms with Crippen LogP contribution in [0.25, 0.3) is 0 Å². The normalized spacial score (nSPS) is 15.2. The Bertz CT molecular complexity index is 485. The van der Waals surface area contributed by atoms with Crippen molar-refractivity contribution in [3.8, 4) is 6.07 Å². The number of nitrogens with zero attached hydrogens (tertiary/aromatic N) is 3. The molecule has 0 aliphatic rings.